The highest BCUT2D eigenvalue weighted by molar-refractivity contribution is 6.01. The molecular weight excluding hydrogens is 384 g/mol. The van der Waals surface area contributed by atoms with Crippen molar-refractivity contribution in [3.8, 4) is 0 Å². The summed E-state index contributed by atoms with van der Waals surface area (Å²) in [6.45, 7) is 5.25. The van der Waals surface area contributed by atoms with E-state index in [1.165, 1.54) is 0 Å². The molecule has 7 atom stereocenters. The minimum Gasteiger partial charge on any atom is -0.458 e. The fourth-order valence-electron chi connectivity index (χ4n) is 7.16. The lowest BCUT2D eigenvalue weighted by atomic mass is 9.46. The summed E-state index contributed by atoms with van der Waals surface area (Å²) in [7, 11) is 0. The number of fused-ring (bicyclic) bond motifs is 5. The summed E-state index contributed by atoms with van der Waals surface area (Å²) in [5.41, 5.74) is -1.67. The Morgan fingerprint density at radius 2 is 2.00 bits per heavy atom. The average molecular weight is 417 g/mol. The summed E-state index contributed by atoms with van der Waals surface area (Å²) in [6, 6.07) is 0. The number of Topliss-reactive ketones (excluding diaryl/α,β-unsaturated/α-hetero) is 1. The van der Waals surface area contributed by atoms with Gasteiger partial charge in [0.15, 0.2) is 12.4 Å². The van der Waals surface area contributed by atoms with Gasteiger partial charge in [0.05, 0.1) is 6.10 Å². The van der Waals surface area contributed by atoms with Crippen LogP contribution in [0.2, 0.25) is 0 Å². The Morgan fingerprint density at radius 3 is 2.70 bits per heavy atom. The minimum absolute atomic E-state index is 0.00136. The van der Waals surface area contributed by atoms with Crippen molar-refractivity contribution >= 4 is 17.5 Å². The van der Waals surface area contributed by atoms with Crippen LogP contribution in [0.3, 0.4) is 0 Å². The van der Waals surface area contributed by atoms with Crippen molar-refractivity contribution in [1.82, 2.24) is 0 Å². The molecule has 0 radical (unpaired) electrons. The van der Waals surface area contributed by atoms with Gasteiger partial charge in [-0.25, -0.2) is 0 Å². The molecule has 6 heteroatoms. The molecule has 0 spiro atoms. The highest BCUT2D eigenvalue weighted by Gasteiger charge is 2.68. The highest BCUT2D eigenvalue weighted by atomic mass is 16.5. The zero-order valence-corrected chi connectivity index (χ0v) is 18.0. The van der Waals surface area contributed by atoms with Crippen LogP contribution in [0.15, 0.2) is 23.8 Å². The number of carbonyl (C=O) groups is 3. The van der Waals surface area contributed by atoms with Crippen LogP contribution in [0, 0.1) is 28.6 Å². The number of allylic oxidation sites excluding steroid dienone is 4. The number of aliphatic hydroxyl groups excluding tert-OH is 1. The Morgan fingerprint density at radius 1 is 1.27 bits per heavy atom. The molecule has 0 unspecified atom stereocenters. The molecule has 0 heterocycles. The first-order chi connectivity index (χ1) is 14.1. The molecule has 30 heavy (non-hydrogen) atoms. The van der Waals surface area contributed by atoms with E-state index in [1.807, 2.05) is 13.0 Å². The molecule has 164 valence electrons. The van der Waals surface area contributed by atoms with Gasteiger partial charge in [0.25, 0.3) is 0 Å². The highest BCUT2D eigenvalue weighted by Crippen LogP contribution is 2.67. The molecule has 4 aliphatic rings. The smallest absolute Gasteiger partial charge is 0.305 e. The lowest BCUT2D eigenvalue weighted by Crippen LogP contribution is -2.61. The second-order valence-electron chi connectivity index (χ2n) is 10.0. The Bertz CT molecular complexity index is 843. The third kappa shape index (κ3) is 2.87. The first-order valence-electron chi connectivity index (χ1n) is 11.1. The summed E-state index contributed by atoms with van der Waals surface area (Å²) >= 11 is 0. The van der Waals surface area contributed by atoms with E-state index in [2.05, 4.69) is 6.92 Å². The Hall–Kier alpha value is -1.79. The van der Waals surface area contributed by atoms with Crippen molar-refractivity contribution in [1.29, 1.82) is 0 Å². The van der Waals surface area contributed by atoms with Gasteiger partial charge in [0.1, 0.15) is 5.60 Å². The van der Waals surface area contributed by atoms with E-state index >= 15 is 0 Å². The summed E-state index contributed by atoms with van der Waals surface area (Å²) < 4.78 is 5.03. The summed E-state index contributed by atoms with van der Waals surface area (Å²) in [5.74, 6) is -0.738. The number of carbonyl (C=O) groups excluding carboxylic acids is 3. The largest absolute Gasteiger partial charge is 0.458 e. The monoisotopic (exact) mass is 416 g/mol. The normalized spacial score (nSPS) is 44.6. The predicted octanol–water partition coefficient (Wildman–Crippen LogP) is 2.52. The molecule has 4 aliphatic carbocycles. The first-order valence-corrected chi connectivity index (χ1v) is 11.1. The van der Waals surface area contributed by atoms with Crippen molar-refractivity contribution in [2.24, 2.45) is 28.6 Å². The van der Waals surface area contributed by atoms with E-state index < -0.39 is 35.5 Å². The summed E-state index contributed by atoms with van der Waals surface area (Å²) in [6.07, 6.45) is 7.70. The topological polar surface area (TPSA) is 101 Å². The molecule has 0 aromatic rings. The molecule has 0 aliphatic heterocycles. The van der Waals surface area contributed by atoms with Gasteiger partial charge < -0.3 is 14.9 Å². The lowest BCUT2D eigenvalue weighted by molar-refractivity contribution is -0.181. The number of ether oxygens (including phenoxy) is 1. The fraction of sp³-hybridized carbons (Fsp3) is 0.708. The van der Waals surface area contributed by atoms with Crippen LogP contribution >= 0.6 is 0 Å². The standard InChI is InChI=1S/C24H32O6/c1-4-20(28)30-13-19(27)24(29)10-8-17-16-6-5-14-11-15(25)7-9-22(14,2)21(16)18(26)12-23(17,24)3/h7,9,11,16-18,21,26,29H,4-6,8,10,12-13H2,1-3H3/t16-,17-,18-,21+,22-,23-,24-/m0/s1. The van der Waals surface area contributed by atoms with Gasteiger partial charge in [-0.1, -0.05) is 32.4 Å². The number of ketones is 2. The molecular formula is C24H32O6. The van der Waals surface area contributed by atoms with Gasteiger partial charge in [-0.3, -0.25) is 14.4 Å². The van der Waals surface area contributed by atoms with Crippen LogP contribution in [-0.4, -0.2) is 46.1 Å². The third-order valence-electron chi connectivity index (χ3n) is 8.76. The average Bonchev–Trinajstić information content (AvgIpc) is 2.97. The molecule has 0 amide bonds. The maximum Gasteiger partial charge on any atom is 0.305 e. The maximum absolute atomic E-state index is 13.0. The fourth-order valence-corrected chi connectivity index (χ4v) is 7.16. The number of rotatable bonds is 4. The van der Waals surface area contributed by atoms with Crippen LogP contribution < -0.4 is 0 Å². The molecule has 3 saturated carbocycles. The molecule has 6 nitrogen and oxygen atoms in total. The van der Waals surface area contributed by atoms with E-state index in [0.717, 1.165) is 18.4 Å². The third-order valence-corrected chi connectivity index (χ3v) is 8.76. The van der Waals surface area contributed by atoms with E-state index in [-0.39, 0.29) is 35.4 Å². The van der Waals surface area contributed by atoms with E-state index in [1.54, 1.807) is 19.1 Å². The first kappa shape index (κ1) is 21.4. The number of hydrogen-bond donors (Lipinski definition) is 2. The van der Waals surface area contributed by atoms with Crippen LogP contribution in [0.25, 0.3) is 0 Å². The quantitative estimate of drug-likeness (QED) is 0.683. The van der Waals surface area contributed by atoms with Crippen molar-refractivity contribution in [3.63, 3.8) is 0 Å². The molecule has 2 N–H and O–H groups in total. The Labute approximate surface area is 177 Å². The van der Waals surface area contributed by atoms with Gasteiger partial charge in [-0.05, 0) is 56.1 Å². The zero-order valence-electron chi connectivity index (χ0n) is 18.0. The predicted molar refractivity (Wildman–Crippen MR) is 109 cm³/mol. The molecule has 3 fully saturated rings. The molecule has 0 aromatic carbocycles. The van der Waals surface area contributed by atoms with Gasteiger partial charge in [0, 0.05) is 23.2 Å². The number of hydrogen-bond acceptors (Lipinski definition) is 6. The van der Waals surface area contributed by atoms with E-state index in [4.69, 9.17) is 4.74 Å². The molecule has 0 bridgehead atoms. The van der Waals surface area contributed by atoms with Crippen molar-refractivity contribution in [3.05, 3.63) is 23.8 Å². The maximum atomic E-state index is 13.0. The second-order valence-corrected chi connectivity index (χ2v) is 10.0. The molecule has 4 rings (SSSR count). The Balaban J connectivity index is 1.63. The van der Waals surface area contributed by atoms with Crippen molar-refractivity contribution in [2.75, 3.05) is 6.61 Å². The summed E-state index contributed by atoms with van der Waals surface area (Å²) in [5, 5.41) is 22.8. The SMILES string of the molecule is CCC(=O)OCC(=O)[C@@]1(O)CC[C@H]2[C@@H]3CCC4=CC(=O)C=C[C@]4(C)[C@H]3[C@@H](O)C[C@@]21C. The lowest BCUT2D eigenvalue weighted by Gasteiger charge is -2.59. The number of aliphatic hydroxyl groups is 2. The minimum atomic E-state index is -1.60. The zero-order chi connectivity index (χ0) is 21.9. The number of esters is 1. The van der Waals surface area contributed by atoms with Crippen LogP contribution in [-0.2, 0) is 19.1 Å². The van der Waals surface area contributed by atoms with Gasteiger partial charge in [-0.2, -0.15) is 0 Å². The van der Waals surface area contributed by atoms with Gasteiger partial charge >= 0.3 is 5.97 Å². The van der Waals surface area contributed by atoms with Gasteiger partial charge in [0.2, 0.25) is 5.78 Å². The van der Waals surface area contributed by atoms with E-state index in [0.29, 0.717) is 19.3 Å². The van der Waals surface area contributed by atoms with Crippen LogP contribution in [0.1, 0.15) is 59.3 Å². The second kappa shape index (κ2) is 7.13. The van der Waals surface area contributed by atoms with Gasteiger partial charge in [-0.15, -0.1) is 0 Å². The van der Waals surface area contributed by atoms with Crippen molar-refractivity contribution < 1.29 is 29.3 Å². The van der Waals surface area contributed by atoms with E-state index in [9.17, 15) is 24.6 Å². The van der Waals surface area contributed by atoms with Crippen molar-refractivity contribution in [2.45, 2.75) is 71.0 Å². The Kier molecular flexibility index (Phi) is 5.09. The molecule has 0 aromatic heterocycles. The van der Waals surface area contributed by atoms with Crippen LogP contribution in [0.4, 0.5) is 0 Å². The summed E-state index contributed by atoms with van der Waals surface area (Å²) in [4.78, 5) is 36.4. The molecule has 0 saturated heterocycles. The van der Waals surface area contributed by atoms with Crippen LogP contribution in [0.5, 0.6) is 0 Å².